The maximum absolute atomic E-state index is 13.7. The first-order valence-electron chi connectivity index (χ1n) is 6.46. The van der Waals surface area contributed by atoms with E-state index >= 15 is 0 Å². The Morgan fingerprint density at radius 1 is 1.19 bits per heavy atom. The maximum Gasteiger partial charge on any atom is 0.258 e. The molecule has 1 aromatic carbocycles. The molecule has 0 radical (unpaired) electrons. The second-order valence-corrected chi connectivity index (χ2v) is 5.35. The molecule has 21 heavy (non-hydrogen) atoms. The molecule has 3 rings (SSSR count). The number of aryl methyl sites for hydroxylation is 1. The largest absolute Gasteiger partial charge is 0.335 e. The minimum atomic E-state index is -1.54. The highest BCUT2D eigenvalue weighted by Gasteiger charge is 2.19. The summed E-state index contributed by atoms with van der Waals surface area (Å²) < 4.78 is 41.2. The smallest absolute Gasteiger partial charge is 0.258 e. The Balaban J connectivity index is 2.10. The fourth-order valence-corrected chi connectivity index (χ4v) is 2.84. The van der Waals surface area contributed by atoms with Crippen molar-refractivity contribution in [2.45, 2.75) is 25.8 Å². The standard InChI is InChI=1S/C14H11F3N2OS/c15-9-5-4-7(11(16)12(9)17)6-19-13(20)8-2-1-3-10(8)18-14(19)21/h4-5H,1-3,6H2,(H,18,21). The van der Waals surface area contributed by atoms with Gasteiger partial charge < -0.3 is 4.98 Å². The van der Waals surface area contributed by atoms with Gasteiger partial charge in [-0.15, -0.1) is 0 Å². The zero-order chi connectivity index (χ0) is 15.1. The molecule has 0 bridgehead atoms. The van der Waals surface area contributed by atoms with E-state index in [1.807, 2.05) is 0 Å². The molecule has 0 saturated heterocycles. The predicted molar refractivity (Wildman–Crippen MR) is 73.3 cm³/mol. The number of aromatic amines is 1. The number of halogens is 3. The summed E-state index contributed by atoms with van der Waals surface area (Å²) in [5.74, 6) is -4.10. The van der Waals surface area contributed by atoms with Gasteiger partial charge in [0.25, 0.3) is 5.56 Å². The second kappa shape index (κ2) is 5.14. The molecule has 0 amide bonds. The first-order valence-corrected chi connectivity index (χ1v) is 6.87. The van der Waals surface area contributed by atoms with E-state index in [0.717, 1.165) is 30.7 Å². The van der Waals surface area contributed by atoms with Crippen LogP contribution in [0.1, 0.15) is 23.2 Å². The molecule has 1 aliphatic carbocycles. The maximum atomic E-state index is 13.7. The lowest BCUT2D eigenvalue weighted by molar-refractivity contribution is 0.438. The van der Waals surface area contributed by atoms with Crippen LogP contribution in [-0.2, 0) is 19.4 Å². The highest BCUT2D eigenvalue weighted by atomic mass is 32.1. The minimum absolute atomic E-state index is 0.117. The lowest BCUT2D eigenvalue weighted by Gasteiger charge is -2.10. The lowest BCUT2D eigenvalue weighted by Crippen LogP contribution is -2.26. The van der Waals surface area contributed by atoms with Gasteiger partial charge in [-0.05, 0) is 37.5 Å². The minimum Gasteiger partial charge on any atom is -0.335 e. The zero-order valence-corrected chi connectivity index (χ0v) is 11.7. The number of hydrogen-bond acceptors (Lipinski definition) is 2. The van der Waals surface area contributed by atoms with Gasteiger partial charge in [0.1, 0.15) is 0 Å². The fourth-order valence-electron chi connectivity index (χ4n) is 2.57. The van der Waals surface area contributed by atoms with Gasteiger partial charge in [0.2, 0.25) is 0 Å². The van der Waals surface area contributed by atoms with Crippen LogP contribution >= 0.6 is 12.2 Å². The number of benzene rings is 1. The van der Waals surface area contributed by atoms with E-state index in [4.69, 9.17) is 12.2 Å². The molecular weight excluding hydrogens is 301 g/mol. The summed E-state index contributed by atoms with van der Waals surface area (Å²) in [4.78, 5) is 15.3. The van der Waals surface area contributed by atoms with Crippen molar-refractivity contribution >= 4 is 12.2 Å². The second-order valence-electron chi connectivity index (χ2n) is 4.97. The molecule has 0 unspecified atom stereocenters. The molecule has 1 aromatic heterocycles. The van der Waals surface area contributed by atoms with Gasteiger partial charge in [0.05, 0.1) is 6.54 Å². The summed E-state index contributed by atoms with van der Waals surface area (Å²) in [6, 6.07) is 1.95. The fraction of sp³-hybridized carbons (Fsp3) is 0.286. The monoisotopic (exact) mass is 312 g/mol. The van der Waals surface area contributed by atoms with E-state index in [9.17, 15) is 18.0 Å². The van der Waals surface area contributed by atoms with E-state index in [1.165, 1.54) is 4.57 Å². The van der Waals surface area contributed by atoms with Crippen LogP contribution in [0.5, 0.6) is 0 Å². The Morgan fingerprint density at radius 2 is 1.95 bits per heavy atom. The van der Waals surface area contributed by atoms with Gasteiger partial charge in [-0.3, -0.25) is 9.36 Å². The normalized spacial score (nSPS) is 13.5. The van der Waals surface area contributed by atoms with Crippen LogP contribution in [0.3, 0.4) is 0 Å². The average Bonchev–Trinajstić information content (AvgIpc) is 2.91. The highest BCUT2D eigenvalue weighted by Crippen LogP contribution is 2.18. The topological polar surface area (TPSA) is 37.8 Å². The molecule has 3 nitrogen and oxygen atoms in total. The first-order chi connectivity index (χ1) is 9.99. The van der Waals surface area contributed by atoms with Crippen molar-refractivity contribution in [2.75, 3.05) is 0 Å². The van der Waals surface area contributed by atoms with Crippen molar-refractivity contribution < 1.29 is 13.2 Å². The Labute approximate surface area is 123 Å². The summed E-state index contributed by atoms with van der Waals surface area (Å²) in [5, 5.41) is 0. The summed E-state index contributed by atoms with van der Waals surface area (Å²) in [6.45, 7) is -0.232. The molecule has 1 N–H and O–H groups in total. The van der Waals surface area contributed by atoms with Crippen LogP contribution in [0.25, 0.3) is 0 Å². The van der Waals surface area contributed by atoms with Gasteiger partial charge >= 0.3 is 0 Å². The molecule has 110 valence electrons. The number of nitrogens with one attached hydrogen (secondary N) is 1. The quantitative estimate of drug-likeness (QED) is 0.684. The van der Waals surface area contributed by atoms with E-state index in [1.54, 1.807) is 0 Å². The molecule has 7 heteroatoms. The summed E-state index contributed by atoms with van der Waals surface area (Å²) in [7, 11) is 0. The average molecular weight is 312 g/mol. The van der Waals surface area contributed by atoms with Crippen molar-refractivity contribution in [3.8, 4) is 0 Å². The Kier molecular flexibility index (Phi) is 3.44. The van der Waals surface area contributed by atoms with Crippen LogP contribution in [0.4, 0.5) is 13.2 Å². The number of hydrogen-bond donors (Lipinski definition) is 1. The molecule has 0 aliphatic heterocycles. The Hall–Kier alpha value is -1.89. The third-order valence-electron chi connectivity index (χ3n) is 3.67. The SMILES string of the molecule is O=c1c2c([nH]c(=S)n1Cc1ccc(F)c(F)c1F)CCC2. The molecule has 2 aromatic rings. The van der Waals surface area contributed by atoms with Gasteiger partial charge in [-0.25, -0.2) is 13.2 Å². The van der Waals surface area contributed by atoms with Crippen LogP contribution < -0.4 is 5.56 Å². The van der Waals surface area contributed by atoms with Crippen LogP contribution in [-0.4, -0.2) is 9.55 Å². The molecular formula is C14H11F3N2OS. The van der Waals surface area contributed by atoms with Gasteiger partial charge in [0.15, 0.2) is 22.2 Å². The van der Waals surface area contributed by atoms with Crippen molar-refractivity contribution in [1.82, 2.24) is 9.55 Å². The van der Waals surface area contributed by atoms with Crippen LogP contribution in [0, 0.1) is 22.2 Å². The molecule has 0 atom stereocenters. The van der Waals surface area contributed by atoms with Crippen molar-refractivity contribution in [3.63, 3.8) is 0 Å². The van der Waals surface area contributed by atoms with Gasteiger partial charge in [-0.1, -0.05) is 6.07 Å². The van der Waals surface area contributed by atoms with Gasteiger partial charge in [-0.2, -0.15) is 0 Å². The zero-order valence-electron chi connectivity index (χ0n) is 10.9. The van der Waals surface area contributed by atoms with E-state index in [2.05, 4.69) is 4.98 Å². The summed E-state index contributed by atoms with van der Waals surface area (Å²) in [5.41, 5.74) is 1.03. The third-order valence-corrected chi connectivity index (χ3v) is 3.99. The van der Waals surface area contributed by atoms with Gasteiger partial charge in [0, 0.05) is 16.8 Å². The molecule has 1 heterocycles. The van der Waals surface area contributed by atoms with Crippen molar-refractivity contribution in [2.24, 2.45) is 0 Å². The molecule has 0 fully saturated rings. The molecule has 0 spiro atoms. The van der Waals surface area contributed by atoms with E-state index in [-0.39, 0.29) is 22.4 Å². The van der Waals surface area contributed by atoms with Crippen molar-refractivity contribution in [1.29, 1.82) is 0 Å². The Morgan fingerprint density at radius 3 is 2.71 bits per heavy atom. The third kappa shape index (κ3) is 2.31. The highest BCUT2D eigenvalue weighted by molar-refractivity contribution is 7.71. The number of rotatable bonds is 2. The summed E-state index contributed by atoms with van der Waals surface area (Å²) >= 11 is 5.10. The number of H-pyrrole nitrogens is 1. The predicted octanol–water partition coefficient (Wildman–Crippen LogP) is 2.86. The number of aromatic nitrogens is 2. The Bertz CT molecular complexity index is 841. The molecule has 0 saturated carbocycles. The number of fused-ring (bicyclic) bond motifs is 1. The number of nitrogens with zero attached hydrogens (tertiary/aromatic N) is 1. The van der Waals surface area contributed by atoms with Crippen molar-refractivity contribution in [3.05, 3.63) is 61.5 Å². The first kappa shape index (κ1) is 14.1. The van der Waals surface area contributed by atoms with E-state index in [0.29, 0.717) is 12.0 Å². The lowest BCUT2D eigenvalue weighted by atomic mass is 10.2. The summed E-state index contributed by atoms with van der Waals surface area (Å²) in [6.07, 6.45) is 2.26. The van der Waals surface area contributed by atoms with E-state index < -0.39 is 17.5 Å². The van der Waals surface area contributed by atoms with Crippen LogP contribution in [0.2, 0.25) is 0 Å². The molecule has 1 aliphatic rings. The van der Waals surface area contributed by atoms with Crippen LogP contribution in [0.15, 0.2) is 16.9 Å².